The summed E-state index contributed by atoms with van der Waals surface area (Å²) < 4.78 is 2.04. The summed E-state index contributed by atoms with van der Waals surface area (Å²) in [7, 11) is 0. The first-order valence-electron chi connectivity index (χ1n) is 5.47. The average Bonchev–Trinajstić information content (AvgIpc) is 2.77. The van der Waals surface area contributed by atoms with Crippen molar-refractivity contribution in [3.8, 4) is 0 Å². The van der Waals surface area contributed by atoms with Crippen LogP contribution in [-0.2, 0) is 19.5 Å². The molecule has 0 atom stereocenters. The number of aryl methyl sites for hydroxylation is 1. The van der Waals surface area contributed by atoms with Gasteiger partial charge in [-0.2, -0.15) is 0 Å². The van der Waals surface area contributed by atoms with Crippen molar-refractivity contribution in [2.24, 2.45) is 5.73 Å². The molecule has 2 rings (SSSR count). The molecule has 16 heavy (non-hydrogen) atoms. The predicted molar refractivity (Wildman–Crippen MR) is 62.8 cm³/mol. The number of rotatable bonds is 4. The fraction of sp³-hybridized carbons (Fsp3) is 0.333. The largest absolute Gasteiger partial charge is 0.327 e. The van der Waals surface area contributed by atoms with E-state index < -0.39 is 0 Å². The van der Waals surface area contributed by atoms with Gasteiger partial charge < -0.3 is 10.3 Å². The first-order chi connectivity index (χ1) is 7.85. The highest BCUT2D eigenvalue weighted by Crippen LogP contribution is 2.09. The minimum atomic E-state index is 0.508. The summed E-state index contributed by atoms with van der Waals surface area (Å²) in [5.41, 5.74) is 9.05. The molecule has 4 nitrogen and oxygen atoms in total. The van der Waals surface area contributed by atoms with E-state index >= 15 is 0 Å². The minimum Gasteiger partial charge on any atom is -0.327 e. The molecule has 0 aromatic carbocycles. The molecular formula is C12H16N4. The van der Waals surface area contributed by atoms with Crippen molar-refractivity contribution >= 4 is 0 Å². The average molecular weight is 216 g/mol. The lowest BCUT2D eigenvalue weighted by Gasteiger charge is -2.09. The van der Waals surface area contributed by atoms with Gasteiger partial charge in [-0.1, -0.05) is 13.0 Å². The third-order valence-electron chi connectivity index (χ3n) is 2.69. The Kier molecular flexibility index (Phi) is 3.31. The smallest absolute Gasteiger partial charge is 0.0952 e. The first-order valence-corrected chi connectivity index (χ1v) is 5.47. The van der Waals surface area contributed by atoms with Gasteiger partial charge in [0.25, 0.3) is 0 Å². The molecule has 2 N–H and O–H groups in total. The Labute approximate surface area is 95.1 Å². The van der Waals surface area contributed by atoms with Crippen LogP contribution in [0, 0.1) is 0 Å². The van der Waals surface area contributed by atoms with E-state index in [4.69, 9.17) is 5.73 Å². The third kappa shape index (κ3) is 2.12. The lowest BCUT2D eigenvalue weighted by atomic mass is 10.1. The summed E-state index contributed by atoms with van der Waals surface area (Å²) in [4.78, 5) is 8.51. The molecule has 0 saturated heterocycles. The molecule has 0 unspecified atom stereocenters. The van der Waals surface area contributed by atoms with Gasteiger partial charge in [0.05, 0.1) is 24.3 Å². The lowest BCUT2D eigenvalue weighted by Crippen LogP contribution is -2.09. The van der Waals surface area contributed by atoms with Crippen molar-refractivity contribution in [1.82, 2.24) is 14.5 Å². The maximum absolute atomic E-state index is 5.64. The highest BCUT2D eigenvalue weighted by atomic mass is 15.1. The fourth-order valence-corrected chi connectivity index (χ4v) is 1.76. The zero-order valence-corrected chi connectivity index (χ0v) is 9.43. The van der Waals surface area contributed by atoms with E-state index in [9.17, 15) is 0 Å². The molecule has 0 amide bonds. The van der Waals surface area contributed by atoms with E-state index in [1.54, 1.807) is 12.5 Å². The Hall–Kier alpha value is -1.68. The third-order valence-corrected chi connectivity index (χ3v) is 2.69. The highest BCUT2D eigenvalue weighted by Gasteiger charge is 2.05. The summed E-state index contributed by atoms with van der Waals surface area (Å²) in [6.45, 7) is 3.39. The molecule has 2 aromatic heterocycles. The van der Waals surface area contributed by atoms with E-state index in [-0.39, 0.29) is 0 Å². The molecule has 4 heteroatoms. The van der Waals surface area contributed by atoms with Crippen molar-refractivity contribution in [2.45, 2.75) is 26.4 Å². The van der Waals surface area contributed by atoms with Crippen molar-refractivity contribution in [2.75, 3.05) is 0 Å². The van der Waals surface area contributed by atoms with Crippen LogP contribution in [0.5, 0.6) is 0 Å². The van der Waals surface area contributed by atoms with Gasteiger partial charge in [0.1, 0.15) is 0 Å². The summed E-state index contributed by atoms with van der Waals surface area (Å²) >= 11 is 0. The summed E-state index contributed by atoms with van der Waals surface area (Å²) in [6.07, 6.45) is 6.42. The summed E-state index contributed by atoms with van der Waals surface area (Å²) in [5.74, 6) is 0. The van der Waals surface area contributed by atoms with Gasteiger partial charge in [-0.05, 0) is 18.1 Å². The maximum Gasteiger partial charge on any atom is 0.0952 e. The first kappa shape index (κ1) is 10.8. The zero-order valence-electron chi connectivity index (χ0n) is 9.43. The van der Waals surface area contributed by atoms with Gasteiger partial charge in [-0.25, -0.2) is 4.98 Å². The molecule has 0 aliphatic heterocycles. The Bertz CT molecular complexity index is 462. The van der Waals surface area contributed by atoms with Gasteiger partial charge in [0.15, 0.2) is 0 Å². The van der Waals surface area contributed by atoms with E-state index in [1.165, 1.54) is 5.56 Å². The van der Waals surface area contributed by atoms with Crippen LogP contribution < -0.4 is 5.73 Å². The molecule has 2 aromatic rings. The number of imidazole rings is 1. The second kappa shape index (κ2) is 4.90. The molecule has 0 spiro atoms. The highest BCUT2D eigenvalue weighted by molar-refractivity contribution is 5.20. The van der Waals surface area contributed by atoms with Gasteiger partial charge in [-0.15, -0.1) is 0 Å². The van der Waals surface area contributed by atoms with Gasteiger partial charge in [-0.3, -0.25) is 4.98 Å². The Morgan fingerprint density at radius 3 is 3.06 bits per heavy atom. The molecule has 0 fully saturated rings. The Morgan fingerprint density at radius 1 is 1.44 bits per heavy atom. The Morgan fingerprint density at radius 2 is 2.31 bits per heavy atom. The molecular weight excluding hydrogens is 200 g/mol. The van der Waals surface area contributed by atoms with Crippen molar-refractivity contribution in [1.29, 1.82) is 0 Å². The van der Waals surface area contributed by atoms with E-state index in [0.717, 1.165) is 24.4 Å². The van der Waals surface area contributed by atoms with E-state index in [2.05, 4.69) is 23.0 Å². The molecule has 2 heterocycles. The molecule has 0 aliphatic carbocycles. The molecule has 0 saturated carbocycles. The van der Waals surface area contributed by atoms with Crippen LogP contribution in [-0.4, -0.2) is 14.5 Å². The topological polar surface area (TPSA) is 56.7 Å². The van der Waals surface area contributed by atoms with Gasteiger partial charge >= 0.3 is 0 Å². The maximum atomic E-state index is 5.64. The molecule has 0 radical (unpaired) electrons. The monoisotopic (exact) mass is 216 g/mol. The van der Waals surface area contributed by atoms with Crippen LogP contribution >= 0.6 is 0 Å². The fourth-order valence-electron chi connectivity index (χ4n) is 1.76. The number of aromatic nitrogens is 3. The zero-order chi connectivity index (χ0) is 11.4. The van der Waals surface area contributed by atoms with Crippen LogP contribution in [0.15, 0.2) is 30.9 Å². The SMILES string of the molecule is CCc1cccnc1Cn1cncc1CN. The van der Waals surface area contributed by atoms with Crippen LogP contribution in [0.4, 0.5) is 0 Å². The lowest BCUT2D eigenvalue weighted by molar-refractivity contribution is 0.715. The predicted octanol–water partition coefficient (Wildman–Crippen LogP) is 1.35. The quantitative estimate of drug-likeness (QED) is 0.839. The molecule has 84 valence electrons. The van der Waals surface area contributed by atoms with Crippen molar-refractivity contribution in [3.05, 3.63) is 47.8 Å². The number of hydrogen-bond donors (Lipinski definition) is 1. The second-order valence-electron chi connectivity index (χ2n) is 3.68. The number of nitrogens with zero attached hydrogens (tertiary/aromatic N) is 3. The molecule has 0 bridgehead atoms. The second-order valence-corrected chi connectivity index (χ2v) is 3.68. The van der Waals surface area contributed by atoms with Crippen LogP contribution in [0.2, 0.25) is 0 Å². The van der Waals surface area contributed by atoms with Crippen molar-refractivity contribution in [3.63, 3.8) is 0 Å². The van der Waals surface area contributed by atoms with Gasteiger partial charge in [0.2, 0.25) is 0 Å². The number of hydrogen-bond acceptors (Lipinski definition) is 3. The standard InChI is InChI=1S/C12H16N4/c1-2-10-4-3-5-15-12(10)8-16-9-14-7-11(16)6-13/h3-5,7,9H,2,6,8,13H2,1H3. The summed E-state index contributed by atoms with van der Waals surface area (Å²) in [6, 6.07) is 4.08. The number of pyridine rings is 1. The van der Waals surface area contributed by atoms with Crippen LogP contribution in [0.1, 0.15) is 23.9 Å². The molecule has 0 aliphatic rings. The Balaban J connectivity index is 2.26. The van der Waals surface area contributed by atoms with E-state index in [0.29, 0.717) is 6.54 Å². The van der Waals surface area contributed by atoms with Crippen molar-refractivity contribution < 1.29 is 0 Å². The number of nitrogens with two attached hydrogens (primary N) is 1. The van der Waals surface area contributed by atoms with E-state index in [1.807, 2.05) is 16.8 Å². The van der Waals surface area contributed by atoms with Crippen LogP contribution in [0.25, 0.3) is 0 Å². The van der Waals surface area contributed by atoms with Gasteiger partial charge in [0, 0.05) is 18.9 Å². The van der Waals surface area contributed by atoms with Crippen LogP contribution in [0.3, 0.4) is 0 Å². The summed E-state index contributed by atoms with van der Waals surface area (Å²) in [5, 5.41) is 0. The minimum absolute atomic E-state index is 0.508. The normalized spacial score (nSPS) is 10.6.